The standard InChI is InChI=1S/C8H14N2O3/c1-5(2)7(11)9-3-6-4-10-8(12)13-6/h5-6H,3-4H2,1-2H3,(H,9,11)(H,10,12). The first kappa shape index (κ1) is 9.83. The highest BCUT2D eigenvalue weighted by molar-refractivity contribution is 5.78. The Labute approximate surface area is 76.8 Å². The maximum absolute atomic E-state index is 11.1. The van der Waals surface area contributed by atoms with Gasteiger partial charge in [0.25, 0.3) is 0 Å². The minimum absolute atomic E-state index is 0.0250. The third-order valence-corrected chi connectivity index (χ3v) is 1.78. The first-order valence-corrected chi connectivity index (χ1v) is 4.32. The summed E-state index contributed by atoms with van der Waals surface area (Å²) in [6, 6.07) is 0. The number of carbonyl (C=O) groups excluding carboxylic acids is 2. The smallest absolute Gasteiger partial charge is 0.407 e. The van der Waals surface area contributed by atoms with E-state index in [9.17, 15) is 9.59 Å². The highest BCUT2D eigenvalue weighted by Crippen LogP contribution is 1.98. The average molecular weight is 186 g/mol. The SMILES string of the molecule is CC(C)C(=O)NCC1CNC(=O)O1. The van der Waals surface area contributed by atoms with Crippen LogP contribution in [0.5, 0.6) is 0 Å². The molecule has 0 bridgehead atoms. The zero-order chi connectivity index (χ0) is 9.84. The van der Waals surface area contributed by atoms with Gasteiger partial charge in [-0.05, 0) is 0 Å². The summed E-state index contributed by atoms with van der Waals surface area (Å²) in [6.45, 7) is 4.48. The summed E-state index contributed by atoms with van der Waals surface area (Å²) in [5, 5.41) is 5.20. The second kappa shape index (κ2) is 4.11. The fourth-order valence-electron chi connectivity index (χ4n) is 0.964. The summed E-state index contributed by atoms with van der Waals surface area (Å²) in [5.74, 6) is -0.0620. The molecule has 0 aromatic rings. The number of carbonyl (C=O) groups is 2. The van der Waals surface area contributed by atoms with Crippen LogP contribution in [0.3, 0.4) is 0 Å². The average Bonchev–Trinajstić information content (AvgIpc) is 2.47. The first-order chi connectivity index (χ1) is 6.09. The molecule has 0 spiro atoms. The lowest BCUT2D eigenvalue weighted by molar-refractivity contribution is -0.124. The van der Waals surface area contributed by atoms with Crippen LogP contribution in [0.2, 0.25) is 0 Å². The monoisotopic (exact) mass is 186 g/mol. The lowest BCUT2D eigenvalue weighted by Crippen LogP contribution is -2.36. The van der Waals surface area contributed by atoms with Crippen molar-refractivity contribution >= 4 is 12.0 Å². The summed E-state index contributed by atoms with van der Waals surface area (Å²) < 4.78 is 4.83. The van der Waals surface area contributed by atoms with Gasteiger partial charge in [0.1, 0.15) is 6.10 Å². The van der Waals surface area contributed by atoms with Crippen molar-refractivity contribution in [3.8, 4) is 0 Å². The van der Waals surface area contributed by atoms with Crippen molar-refractivity contribution in [2.75, 3.05) is 13.1 Å². The Bertz CT molecular complexity index is 215. The molecule has 2 N–H and O–H groups in total. The van der Waals surface area contributed by atoms with E-state index in [2.05, 4.69) is 10.6 Å². The van der Waals surface area contributed by atoms with Gasteiger partial charge in [0.2, 0.25) is 5.91 Å². The van der Waals surface area contributed by atoms with Crippen LogP contribution >= 0.6 is 0 Å². The van der Waals surface area contributed by atoms with Crippen molar-refractivity contribution in [1.82, 2.24) is 10.6 Å². The second-order valence-corrected chi connectivity index (χ2v) is 3.31. The molecule has 5 nitrogen and oxygen atoms in total. The summed E-state index contributed by atoms with van der Waals surface area (Å²) in [5.41, 5.74) is 0. The molecule has 1 unspecified atom stereocenters. The molecule has 1 aliphatic rings. The fourth-order valence-corrected chi connectivity index (χ4v) is 0.964. The Balaban J connectivity index is 2.19. The van der Waals surface area contributed by atoms with E-state index in [1.54, 1.807) is 0 Å². The van der Waals surface area contributed by atoms with E-state index in [0.717, 1.165) is 0 Å². The lowest BCUT2D eigenvalue weighted by Gasteiger charge is -2.10. The summed E-state index contributed by atoms with van der Waals surface area (Å²) in [7, 11) is 0. The second-order valence-electron chi connectivity index (χ2n) is 3.31. The molecule has 74 valence electrons. The number of rotatable bonds is 3. The van der Waals surface area contributed by atoms with Crippen LogP contribution in [0.1, 0.15) is 13.8 Å². The summed E-state index contributed by atoms with van der Waals surface area (Å²) in [4.78, 5) is 21.7. The van der Waals surface area contributed by atoms with E-state index < -0.39 is 6.09 Å². The van der Waals surface area contributed by atoms with Crippen molar-refractivity contribution in [2.45, 2.75) is 20.0 Å². The van der Waals surface area contributed by atoms with Crippen LogP contribution in [0, 0.1) is 5.92 Å². The highest BCUT2D eigenvalue weighted by Gasteiger charge is 2.22. The molecule has 1 fully saturated rings. The number of alkyl carbamates (subject to hydrolysis) is 1. The third-order valence-electron chi connectivity index (χ3n) is 1.78. The summed E-state index contributed by atoms with van der Waals surface area (Å²) in [6.07, 6.45) is -0.640. The molecule has 0 aromatic heterocycles. The van der Waals surface area contributed by atoms with Gasteiger partial charge < -0.3 is 15.4 Å². The predicted molar refractivity (Wildman–Crippen MR) is 46.1 cm³/mol. The molecular formula is C8H14N2O3. The molecule has 1 heterocycles. The zero-order valence-corrected chi connectivity index (χ0v) is 7.79. The molecule has 13 heavy (non-hydrogen) atoms. The van der Waals surface area contributed by atoms with Gasteiger partial charge in [0, 0.05) is 5.92 Å². The molecule has 2 amide bonds. The van der Waals surface area contributed by atoms with Crippen LogP contribution < -0.4 is 10.6 Å². The van der Waals surface area contributed by atoms with E-state index in [1.807, 2.05) is 13.8 Å². The van der Waals surface area contributed by atoms with Crippen molar-refractivity contribution in [2.24, 2.45) is 5.92 Å². The number of hydrogen-bond donors (Lipinski definition) is 2. The topological polar surface area (TPSA) is 67.4 Å². The highest BCUT2D eigenvalue weighted by atomic mass is 16.6. The van der Waals surface area contributed by atoms with Gasteiger partial charge in [0.05, 0.1) is 13.1 Å². The van der Waals surface area contributed by atoms with Gasteiger partial charge in [-0.3, -0.25) is 4.79 Å². The Morgan fingerprint density at radius 1 is 1.77 bits per heavy atom. The fraction of sp³-hybridized carbons (Fsp3) is 0.750. The van der Waals surface area contributed by atoms with Crippen molar-refractivity contribution in [3.63, 3.8) is 0 Å². The van der Waals surface area contributed by atoms with Gasteiger partial charge in [-0.15, -0.1) is 0 Å². The Morgan fingerprint density at radius 2 is 2.46 bits per heavy atom. The summed E-state index contributed by atoms with van der Waals surface area (Å²) >= 11 is 0. The van der Waals surface area contributed by atoms with Gasteiger partial charge in [-0.2, -0.15) is 0 Å². The molecule has 0 saturated carbocycles. The predicted octanol–water partition coefficient (Wildman–Crippen LogP) is -0.133. The quantitative estimate of drug-likeness (QED) is 0.645. The molecule has 1 aliphatic heterocycles. The zero-order valence-electron chi connectivity index (χ0n) is 7.79. The molecular weight excluding hydrogens is 172 g/mol. The molecule has 0 aliphatic carbocycles. The molecule has 1 saturated heterocycles. The Hall–Kier alpha value is -1.26. The Kier molecular flexibility index (Phi) is 3.11. The van der Waals surface area contributed by atoms with Crippen LogP contribution in [0.25, 0.3) is 0 Å². The van der Waals surface area contributed by atoms with Crippen LogP contribution in [-0.2, 0) is 9.53 Å². The number of amides is 2. The van der Waals surface area contributed by atoms with Gasteiger partial charge >= 0.3 is 6.09 Å². The minimum Gasteiger partial charge on any atom is -0.442 e. The molecule has 5 heteroatoms. The van der Waals surface area contributed by atoms with E-state index in [1.165, 1.54) is 0 Å². The normalized spacial score (nSPS) is 21.2. The number of hydrogen-bond acceptors (Lipinski definition) is 3. The van der Waals surface area contributed by atoms with Crippen LogP contribution in [0.4, 0.5) is 4.79 Å². The largest absolute Gasteiger partial charge is 0.442 e. The van der Waals surface area contributed by atoms with Crippen molar-refractivity contribution < 1.29 is 14.3 Å². The Morgan fingerprint density at radius 3 is 2.92 bits per heavy atom. The van der Waals surface area contributed by atoms with E-state index in [0.29, 0.717) is 13.1 Å². The maximum atomic E-state index is 11.1. The van der Waals surface area contributed by atoms with Crippen molar-refractivity contribution in [1.29, 1.82) is 0 Å². The molecule has 1 atom stereocenters. The van der Waals surface area contributed by atoms with Gasteiger partial charge in [-0.1, -0.05) is 13.8 Å². The van der Waals surface area contributed by atoms with Gasteiger partial charge in [-0.25, -0.2) is 4.79 Å². The minimum atomic E-state index is -0.413. The number of cyclic esters (lactones) is 1. The number of ether oxygens (including phenoxy) is 1. The van der Waals surface area contributed by atoms with E-state index in [4.69, 9.17) is 4.74 Å². The van der Waals surface area contributed by atoms with Crippen molar-refractivity contribution in [3.05, 3.63) is 0 Å². The van der Waals surface area contributed by atoms with Gasteiger partial charge in [0.15, 0.2) is 0 Å². The molecule has 0 aromatic carbocycles. The number of nitrogens with one attached hydrogen (secondary N) is 2. The van der Waals surface area contributed by atoms with E-state index >= 15 is 0 Å². The lowest BCUT2D eigenvalue weighted by atomic mass is 10.2. The molecule has 0 radical (unpaired) electrons. The third kappa shape index (κ3) is 2.93. The van der Waals surface area contributed by atoms with E-state index in [-0.39, 0.29) is 17.9 Å². The van der Waals surface area contributed by atoms with Crippen LogP contribution in [0.15, 0.2) is 0 Å². The first-order valence-electron chi connectivity index (χ1n) is 4.32. The molecule has 1 rings (SSSR count). The maximum Gasteiger partial charge on any atom is 0.407 e. The van der Waals surface area contributed by atoms with Crippen LogP contribution in [-0.4, -0.2) is 31.2 Å².